The van der Waals surface area contributed by atoms with Gasteiger partial charge in [0.2, 0.25) is 0 Å². The van der Waals surface area contributed by atoms with Crippen molar-refractivity contribution in [2.24, 2.45) is 0 Å². The van der Waals surface area contributed by atoms with E-state index in [-0.39, 0.29) is 0 Å². The van der Waals surface area contributed by atoms with Crippen LogP contribution in [0.25, 0.3) is 0 Å². The summed E-state index contributed by atoms with van der Waals surface area (Å²) >= 11 is 0. The van der Waals surface area contributed by atoms with Gasteiger partial charge in [-0.05, 0) is 0 Å². The number of hydrogen-bond donors (Lipinski definition) is 0. The molecule has 0 saturated heterocycles. The highest BCUT2D eigenvalue weighted by atomic mass is 16.5. The van der Waals surface area contributed by atoms with E-state index < -0.39 is 0 Å². The van der Waals surface area contributed by atoms with Gasteiger partial charge < -0.3 is 14.0 Å². The van der Waals surface area contributed by atoms with Crippen LogP contribution in [0.3, 0.4) is 0 Å². The highest BCUT2D eigenvalue weighted by molar-refractivity contribution is 5.37. The van der Waals surface area contributed by atoms with E-state index in [0.29, 0.717) is 0 Å². The minimum absolute atomic E-state index is 0.749. The molecule has 1 rings (SSSR count). The van der Waals surface area contributed by atoms with Crippen LogP contribution >= 0.6 is 0 Å². The van der Waals surface area contributed by atoms with E-state index in [9.17, 15) is 0 Å². The second-order valence-electron chi connectivity index (χ2n) is 2.38. The van der Waals surface area contributed by atoms with Crippen LogP contribution in [-0.2, 0) is 6.54 Å². The summed E-state index contributed by atoms with van der Waals surface area (Å²) in [4.78, 5) is 0. The van der Waals surface area contributed by atoms with E-state index in [0.717, 1.165) is 18.0 Å². The van der Waals surface area contributed by atoms with Gasteiger partial charge in [-0.2, -0.15) is 0 Å². The number of ether oxygens (including phenoxy) is 2. The van der Waals surface area contributed by atoms with Crippen molar-refractivity contribution in [1.82, 2.24) is 4.57 Å². The average Bonchev–Trinajstić information content (AvgIpc) is 2.48. The summed E-state index contributed by atoms with van der Waals surface area (Å²) in [6, 6.07) is 0. The Balaban J connectivity index is 2.88. The first kappa shape index (κ1) is 8.71. The number of methoxy groups -OCH3 is 2. The minimum atomic E-state index is 0.749. The third-order valence-electron chi connectivity index (χ3n) is 1.59. The van der Waals surface area contributed by atoms with Crippen LogP contribution in [0.2, 0.25) is 0 Å². The fourth-order valence-corrected chi connectivity index (χ4v) is 1.03. The zero-order chi connectivity index (χ0) is 8.97. The average molecular weight is 167 g/mol. The maximum Gasteiger partial charge on any atom is 0.178 e. The molecule has 3 heteroatoms. The molecule has 0 unspecified atom stereocenters. The molecule has 0 aliphatic heterocycles. The zero-order valence-corrected chi connectivity index (χ0v) is 7.41. The Bertz CT molecular complexity index is 244. The molecule has 66 valence electrons. The van der Waals surface area contributed by atoms with Crippen molar-refractivity contribution in [3.05, 3.63) is 25.0 Å². The highest BCUT2D eigenvalue weighted by Crippen LogP contribution is 2.27. The number of rotatable bonds is 4. The van der Waals surface area contributed by atoms with Gasteiger partial charge in [0.15, 0.2) is 11.5 Å². The van der Waals surface area contributed by atoms with Crippen LogP contribution in [0.15, 0.2) is 25.0 Å². The SMILES string of the molecule is C=CCn1cc(OC)c(OC)c1. The third kappa shape index (κ3) is 1.61. The molecule has 0 aliphatic carbocycles. The van der Waals surface area contributed by atoms with E-state index in [1.54, 1.807) is 14.2 Å². The molecule has 1 aromatic heterocycles. The van der Waals surface area contributed by atoms with Crippen molar-refractivity contribution < 1.29 is 9.47 Å². The van der Waals surface area contributed by atoms with Crippen molar-refractivity contribution in [3.8, 4) is 11.5 Å². The summed E-state index contributed by atoms with van der Waals surface area (Å²) in [5, 5.41) is 0. The van der Waals surface area contributed by atoms with Crippen LogP contribution in [0.1, 0.15) is 0 Å². The molecule has 0 spiro atoms. The lowest BCUT2D eigenvalue weighted by Gasteiger charge is -1.97. The largest absolute Gasteiger partial charge is 0.491 e. The monoisotopic (exact) mass is 167 g/mol. The summed E-state index contributed by atoms with van der Waals surface area (Å²) in [6.07, 6.45) is 5.57. The molecule has 0 bridgehead atoms. The molecule has 0 aliphatic rings. The topological polar surface area (TPSA) is 23.4 Å². The van der Waals surface area contributed by atoms with Crippen molar-refractivity contribution in [2.75, 3.05) is 14.2 Å². The minimum Gasteiger partial charge on any atom is -0.491 e. The summed E-state index contributed by atoms with van der Waals surface area (Å²) in [7, 11) is 3.24. The molecular weight excluding hydrogens is 154 g/mol. The lowest BCUT2D eigenvalue weighted by atomic mass is 10.5. The van der Waals surface area contributed by atoms with Gasteiger partial charge in [0.05, 0.1) is 26.6 Å². The number of hydrogen-bond acceptors (Lipinski definition) is 2. The Morgan fingerprint density at radius 2 is 1.83 bits per heavy atom. The van der Waals surface area contributed by atoms with Gasteiger partial charge in [0.1, 0.15) is 0 Å². The van der Waals surface area contributed by atoms with E-state index in [4.69, 9.17) is 9.47 Å². The van der Waals surface area contributed by atoms with E-state index in [1.165, 1.54) is 0 Å². The summed E-state index contributed by atoms with van der Waals surface area (Å²) in [5.41, 5.74) is 0. The van der Waals surface area contributed by atoms with Crippen LogP contribution in [0.5, 0.6) is 11.5 Å². The quantitative estimate of drug-likeness (QED) is 0.637. The maximum atomic E-state index is 5.08. The Hall–Kier alpha value is -1.38. The fourth-order valence-electron chi connectivity index (χ4n) is 1.03. The summed E-state index contributed by atoms with van der Waals surface area (Å²) in [6.45, 7) is 4.41. The molecular formula is C9H13NO2. The molecule has 0 N–H and O–H groups in total. The molecule has 1 aromatic rings. The number of aromatic nitrogens is 1. The zero-order valence-electron chi connectivity index (χ0n) is 7.41. The predicted octanol–water partition coefficient (Wildman–Crippen LogP) is 1.69. The number of allylic oxidation sites excluding steroid dienone is 1. The highest BCUT2D eigenvalue weighted by Gasteiger charge is 2.05. The van der Waals surface area contributed by atoms with Crippen LogP contribution < -0.4 is 9.47 Å². The second-order valence-corrected chi connectivity index (χ2v) is 2.38. The van der Waals surface area contributed by atoms with Gasteiger partial charge in [0, 0.05) is 6.54 Å². The molecule has 0 aromatic carbocycles. The van der Waals surface area contributed by atoms with Crippen molar-refractivity contribution >= 4 is 0 Å². The van der Waals surface area contributed by atoms with Gasteiger partial charge in [-0.15, -0.1) is 6.58 Å². The smallest absolute Gasteiger partial charge is 0.178 e. The standard InChI is InChI=1S/C9H13NO2/c1-4-5-10-6-8(11-2)9(7-10)12-3/h4,6-7H,1,5H2,2-3H3. The summed E-state index contributed by atoms with van der Waals surface area (Å²) in [5.74, 6) is 1.50. The molecule has 0 radical (unpaired) electrons. The van der Waals surface area contributed by atoms with Gasteiger partial charge >= 0.3 is 0 Å². The first-order valence-electron chi connectivity index (χ1n) is 3.70. The van der Waals surface area contributed by atoms with Crippen LogP contribution in [0, 0.1) is 0 Å². The molecule has 0 fully saturated rings. The first-order chi connectivity index (χ1) is 5.81. The lowest BCUT2D eigenvalue weighted by Crippen LogP contribution is -1.88. The lowest BCUT2D eigenvalue weighted by molar-refractivity contribution is 0.358. The van der Waals surface area contributed by atoms with Crippen LogP contribution in [0.4, 0.5) is 0 Å². The summed E-state index contributed by atoms with van der Waals surface area (Å²) < 4.78 is 12.1. The van der Waals surface area contributed by atoms with Crippen LogP contribution in [-0.4, -0.2) is 18.8 Å². The Labute approximate surface area is 72.2 Å². The Morgan fingerprint density at radius 3 is 2.17 bits per heavy atom. The first-order valence-corrected chi connectivity index (χ1v) is 3.70. The normalized spacial score (nSPS) is 9.50. The van der Waals surface area contributed by atoms with Crippen molar-refractivity contribution in [2.45, 2.75) is 6.54 Å². The Morgan fingerprint density at radius 1 is 1.33 bits per heavy atom. The molecule has 12 heavy (non-hydrogen) atoms. The molecule has 1 heterocycles. The molecule has 0 amide bonds. The fraction of sp³-hybridized carbons (Fsp3) is 0.333. The molecule has 0 saturated carbocycles. The van der Waals surface area contributed by atoms with E-state index in [1.807, 2.05) is 23.0 Å². The number of nitrogens with zero attached hydrogens (tertiary/aromatic N) is 1. The predicted molar refractivity (Wildman–Crippen MR) is 47.7 cm³/mol. The van der Waals surface area contributed by atoms with Gasteiger partial charge in [-0.25, -0.2) is 0 Å². The Kier molecular flexibility index (Phi) is 2.80. The second kappa shape index (κ2) is 3.85. The van der Waals surface area contributed by atoms with Gasteiger partial charge in [-0.3, -0.25) is 0 Å². The van der Waals surface area contributed by atoms with Gasteiger partial charge in [-0.1, -0.05) is 6.08 Å². The van der Waals surface area contributed by atoms with E-state index >= 15 is 0 Å². The molecule has 0 atom stereocenters. The van der Waals surface area contributed by atoms with E-state index in [2.05, 4.69) is 6.58 Å². The maximum absolute atomic E-state index is 5.08. The van der Waals surface area contributed by atoms with Gasteiger partial charge in [0.25, 0.3) is 0 Å². The third-order valence-corrected chi connectivity index (χ3v) is 1.59. The van der Waals surface area contributed by atoms with Crippen molar-refractivity contribution in [1.29, 1.82) is 0 Å². The van der Waals surface area contributed by atoms with Crippen molar-refractivity contribution in [3.63, 3.8) is 0 Å². The molecule has 3 nitrogen and oxygen atoms in total.